The standard InChI is InChI=1S/C20H14Cl2F3N7O/c21-12-4-1-10(5-13(12)22)8-31-9-26-19(30-31)28-18(33)15-7-17-27-14(11-2-3-11)6-16(20(23,24)25)32(17)29-15/h1,4-7,9,11H,2-3,8H2,(H,28,30,33). The molecule has 0 radical (unpaired) electrons. The average Bonchev–Trinajstić information content (AvgIpc) is 3.37. The Morgan fingerprint density at radius 3 is 2.61 bits per heavy atom. The highest BCUT2D eigenvalue weighted by Crippen LogP contribution is 2.41. The molecule has 0 saturated heterocycles. The first-order valence-corrected chi connectivity index (χ1v) is 10.6. The average molecular weight is 496 g/mol. The second-order valence-electron chi connectivity index (χ2n) is 7.61. The Bertz CT molecular complexity index is 1380. The molecule has 13 heteroatoms. The number of aromatic nitrogens is 6. The first-order valence-electron chi connectivity index (χ1n) is 9.80. The summed E-state index contributed by atoms with van der Waals surface area (Å²) < 4.78 is 42.7. The summed E-state index contributed by atoms with van der Waals surface area (Å²) in [7, 11) is 0. The van der Waals surface area contributed by atoms with Gasteiger partial charge in [-0.05, 0) is 36.6 Å². The highest BCUT2D eigenvalue weighted by molar-refractivity contribution is 6.42. The minimum absolute atomic E-state index is 0.00645. The molecule has 1 aliphatic rings. The van der Waals surface area contributed by atoms with Crippen LogP contribution >= 0.6 is 23.2 Å². The van der Waals surface area contributed by atoms with E-state index in [0.29, 0.717) is 26.8 Å². The van der Waals surface area contributed by atoms with E-state index in [1.54, 1.807) is 18.2 Å². The van der Waals surface area contributed by atoms with Crippen LogP contribution in [0.5, 0.6) is 0 Å². The van der Waals surface area contributed by atoms with E-state index in [4.69, 9.17) is 23.2 Å². The summed E-state index contributed by atoms with van der Waals surface area (Å²) in [5.74, 6) is -0.777. The molecule has 1 N–H and O–H groups in total. The zero-order valence-corrected chi connectivity index (χ0v) is 18.2. The minimum Gasteiger partial charge on any atom is -0.288 e. The number of carbonyl (C=O) groups excluding carboxylic acids is 1. The van der Waals surface area contributed by atoms with Gasteiger partial charge in [0, 0.05) is 17.7 Å². The highest BCUT2D eigenvalue weighted by Gasteiger charge is 2.37. The molecule has 1 aliphatic carbocycles. The molecule has 3 heterocycles. The van der Waals surface area contributed by atoms with Crippen LogP contribution in [0.15, 0.2) is 36.7 Å². The van der Waals surface area contributed by atoms with Crippen molar-refractivity contribution in [1.29, 1.82) is 0 Å². The monoisotopic (exact) mass is 495 g/mol. The number of halogens is 5. The normalized spacial score (nSPS) is 14.1. The van der Waals surface area contributed by atoms with Crippen molar-refractivity contribution in [2.75, 3.05) is 5.32 Å². The van der Waals surface area contributed by atoms with Crippen LogP contribution in [0, 0.1) is 0 Å². The molecule has 4 aromatic rings. The van der Waals surface area contributed by atoms with Crippen LogP contribution in [0.1, 0.15) is 46.2 Å². The number of anilines is 1. The molecule has 0 unspecified atom stereocenters. The van der Waals surface area contributed by atoms with E-state index in [1.807, 2.05) is 0 Å². The number of benzene rings is 1. The molecule has 0 aliphatic heterocycles. The van der Waals surface area contributed by atoms with Crippen LogP contribution in [0.4, 0.5) is 19.1 Å². The Morgan fingerprint density at radius 1 is 1.12 bits per heavy atom. The first-order chi connectivity index (χ1) is 15.7. The van der Waals surface area contributed by atoms with Crippen molar-refractivity contribution in [2.45, 2.75) is 31.5 Å². The Hall–Kier alpha value is -3.18. The van der Waals surface area contributed by atoms with E-state index in [9.17, 15) is 18.0 Å². The van der Waals surface area contributed by atoms with Crippen LogP contribution in [-0.2, 0) is 12.7 Å². The third kappa shape index (κ3) is 4.51. The topological polar surface area (TPSA) is 90.0 Å². The quantitative estimate of drug-likeness (QED) is 0.428. The van der Waals surface area contributed by atoms with E-state index in [0.717, 1.165) is 24.5 Å². The van der Waals surface area contributed by atoms with Gasteiger partial charge < -0.3 is 0 Å². The van der Waals surface area contributed by atoms with Gasteiger partial charge in [0.15, 0.2) is 11.3 Å². The lowest BCUT2D eigenvalue weighted by molar-refractivity contribution is -0.142. The van der Waals surface area contributed by atoms with Gasteiger partial charge in [0.1, 0.15) is 12.0 Å². The Labute approximate surface area is 194 Å². The minimum atomic E-state index is -4.64. The summed E-state index contributed by atoms with van der Waals surface area (Å²) in [5.41, 5.74) is -0.0941. The van der Waals surface area contributed by atoms with Crippen LogP contribution in [0.25, 0.3) is 5.65 Å². The number of nitrogens with one attached hydrogen (secondary N) is 1. The van der Waals surface area contributed by atoms with Gasteiger partial charge in [-0.2, -0.15) is 18.3 Å². The predicted octanol–water partition coefficient (Wildman–Crippen LogP) is 4.82. The Balaban J connectivity index is 1.37. The van der Waals surface area contributed by atoms with Crippen LogP contribution in [-0.4, -0.2) is 35.3 Å². The predicted molar refractivity (Wildman–Crippen MR) is 114 cm³/mol. The summed E-state index contributed by atoms with van der Waals surface area (Å²) in [6.45, 7) is 0.316. The van der Waals surface area contributed by atoms with E-state index in [-0.39, 0.29) is 23.2 Å². The lowest BCUT2D eigenvalue weighted by Crippen LogP contribution is -2.16. The molecular formula is C20H14Cl2F3N7O. The van der Waals surface area contributed by atoms with Crippen molar-refractivity contribution in [3.05, 3.63) is 69.3 Å². The van der Waals surface area contributed by atoms with E-state index in [1.165, 1.54) is 17.1 Å². The van der Waals surface area contributed by atoms with Crippen molar-refractivity contribution >= 4 is 40.7 Å². The Morgan fingerprint density at radius 2 is 1.91 bits per heavy atom. The van der Waals surface area contributed by atoms with Crippen molar-refractivity contribution in [3.63, 3.8) is 0 Å². The third-order valence-electron chi connectivity index (χ3n) is 5.06. The van der Waals surface area contributed by atoms with Crippen LogP contribution < -0.4 is 5.32 Å². The number of hydrogen-bond acceptors (Lipinski definition) is 5. The zero-order valence-electron chi connectivity index (χ0n) is 16.6. The molecule has 8 nitrogen and oxygen atoms in total. The first kappa shape index (κ1) is 21.7. The number of alkyl halides is 3. The van der Waals surface area contributed by atoms with Crippen LogP contribution in [0.2, 0.25) is 10.0 Å². The molecule has 0 bridgehead atoms. The molecule has 1 amide bonds. The maximum Gasteiger partial charge on any atom is 0.433 e. The molecular weight excluding hydrogens is 482 g/mol. The van der Waals surface area contributed by atoms with Gasteiger partial charge in [-0.25, -0.2) is 19.2 Å². The molecule has 0 spiro atoms. The number of amides is 1. The molecule has 33 heavy (non-hydrogen) atoms. The molecule has 1 aromatic carbocycles. The molecule has 1 fully saturated rings. The largest absolute Gasteiger partial charge is 0.433 e. The molecule has 5 rings (SSSR count). The smallest absolute Gasteiger partial charge is 0.288 e. The van der Waals surface area contributed by atoms with Crippen molar-refractivity contribution < 1.29 is 18.0 Å². The number of hydrogen-bond donors (Lipinski definition) is 1. The highest BCUT2D eigenvalue weighted by atomic mass is 35.5. The zero-order chi connectivity index (χ0) is 23.3. The fraction of sp³-hybridized carbons (Fsp3) is 0.250. The summed E-state index contributed by atoms with van der Waals surface area (Å²) in [5, 5.41) is 11.2. The lowest BCUT2D eigenvalue weighted by atomic mass is 10.2. The summed E-state index contributed by atoms with van der Waals surface area (Å²) >= 11 is 11.9. The molecule has 1 saturated carbocycles. The van der Waals surface area contributed by atoms with E-state index < -0.39 is 17.8 Å². The summed E-state index contributed by atoms with van der Waals surface area (Å²) in [6.07, 6.45) is -1.67. The maximum atomic E-state index is 13.5. The molecule has 3 aromatic heterocycles. The van der Waals surface area contributed by atoms with Gasteiger partial charge in [0.25, 0.3) is 5.91 Å². The van der Waals surface area contributed by atoms with Gasteiger partial charge in [-0.1, -0.05) is 29.3 Å². The van der Waals surface area contributed by atoms with Crippen molar-refractivity contribution in [3.8, 4) is 0 Å². The van der Waals surface area contributed by atoms with Crippen molar-refractivity contribution in [2.24, 2.45) is 0 Å². The van der Waals surface area contributed by atoms with Gasteiger partial charge >= 0.3 is 6.18 Å². The fourth-order valence-corrected chi connectivity index (χ4v) is 3.63. The third-order valence-corrected chi connectivity index (χ3v) is 5.80. The Kier molecular flexibility index (Phi) is 5.25. The van der Waals surface area contributed by atoms with Crippen molar-refractivity contribution in [1.82, 2.24) is 29.4 Å². The van der Waals surface area contributed by atoms with Gasteiger partial charge in [0.2, 0.25) is 5.95 Å². The van der Waals surface area contributed by atoms with E-state index >= 15 is 0 Å². The molecule has 170 valence electrons. The van der Waals surface area contributed by atoms with E-state index in [2.05, 4.69) is 25.5 Å². The van der Waals surface area contributed by atoms with Gasteiger partial charge in [-0.3, -0.25) is 10.1 Å². The second kappa shape index (κ2) is 7.99. The van der Waals surface area contributed by atoms with Gasteiger partial charge in [0.05, 0.1) is 16.6 Å². The second-order valence-corrected chi connectivity index (χ2v) is 8.42. The lowest BCUT2D eigenvalue weighted by Gasteiger charge is -2.10. The molecule has 0 atom stereocenters. The number of nitrogens with zero attached hydrogens (tertiary/aromatic N) is 6. The number of fused-ring (bicyclic) bond motifs is 1. The SMILES string of the molecule is O=C(Nc1ncn(Cc2ccc(Cl)c(Cl)c2)n1)c1cc2nc(C3CC3)cc(C(F)(F)F)n2n1. The summed E-state index contributed by atoms with van der Waals surface area (Å²) in [4.78, 5) is 20.9. The fourth-order valence-electron chi connectivity index (χ4n) is 3.31. The number of carbonyl (C=O) groups is 1. The summed E-state index contributed by atoms with van der Waals surface area (Å²) in [6, 6.07) is 7.31. The van der Waals surface area contributed by atoms with Crippen LogP contribution in [0.3, 0.4) is 0 Å². The maximum absolute atomic E-state index is 13.5. The van der Waals surface area contributed by atoms with Gasteiger partial charge in [-0.15, -0.1) is 5.10 Å². The number of rotatable bonds is 5.